The van der Waals surface area contributed by atoms with Crippen LogP contribution >= 0.6 is 11.3 Å². The van der Waals surface area contributed by atoms with E-state index in [1.165, 1.54) is 11.3 Å². The van der Waals surface area contributed by atoms with Gasteiger partial charge in [-0.25, -0.2) is 9.78 Å². The molecule has 0 saturated carbocycles. The van der Waals surface area contributed by atoms with Crippen LogP contribution in [0.15, 0.2) is 24.7 Å². The van der Waals surface area contributed by atoms with Crippen LogP contribution in [0.1, 0.15) is 27.2 Å². The van der Waals surface area contributed by atoms with Crippen LogP contribution in [0.4, 0.5) is 9.93 Å². The highest BCUT2D eigenvalue weighted by Crippen LogP contribution is 2.29. The Hall–Kier alpha value is -2.55. The van der Waals surface area contributed by atoms with Gasteiger partial charge in [0.05, 0.1) is 23.2 Å². The Morgan fingerprint density at radius 3 is 2.81 bits per heavy atom. The molecule has 8 nitrogen and oxygen atoms in total. The van der Waals surface area contributed by atoms with Crippen LogP contribution < -0.4 is 5.32 Å². The zero-order valence-electron chi connectivity index (χ0n) is 14.9. The van der Waals surface area contributed by atoms with E-state index in [9.17, 15) is 9.59 Å². The molecule has 1 N–H and O–H groups in total. The van der Waals surface area contributed by atoms with E-state index in [0.29, 0.717) is 24.6 Å². The maximum absolute atomic E-state index is 12.5. The molecule has 2 aromatic rings. The number of carbonyl (C=O) groups is 2. The van der Waals surface area contributed by atoms with Crippen molar-refractivity contribution in [2.75, 3.05) is 18.4 Å². The van der Waals surface area contributed by atoms with E-state index in [4.69, 9.17) is 4.74 Å². The Morgan fingerprint density at radius 1 is 1.31 bits per heavy atom. The van der Waals surface area contributed by atoms with Gasteiger partial charge in [-0.3, -0.25) is 4.79 Å². The fourth-order valence-electron chi connectivity index (χ4n) is 2.58. The minimum Gasteiger partial charge on any atom is -0.444 e. The Kier molecular flexibility index (Phi) is 5.17. The Bertz CT molecular complexity index is 787. The number of hydrogen-bond acceptors (Lipinski definition) is 7. The second-order valence-corrected chi connectivity index (χ2v) is 8.09. The SMILES string of the molecule is CC(C)(C)OC(=O)N1CCC(C(=O)Nc2ncc(-c3ccnnc3)s2)C1. The number of carbonyl (C=O) groups excluding carboxylic acids is 2. The third-order valence-electron chi connectivity index (χ3n) is 3.82. The molecule has 1 aliphatic heterocycles. The summed E-state index contributed by atoms with van der Waals surface area (Å²) in [6, 6.07) is 1.84. The first-order valence-electron chi connectivity index (χ1n) is 8.33. The van der Waals surface area contributed by atoms with E-state index in [1.807, 2.05) is 26.8 Å². The van der Waals surface area contributed by atoms with E-state index in [1.54, 1.807) is 23.5 Å². The first-order valence-corrected chi connectivity index (χ1v) is 9.15. The Morgan fingerprint density at radius 2 is 2.12 bits per heavy atom. The van der Waals surface area contributed by atoms with Crippen molar-refractivity contribution in [3.05, 3.63) is 24.7 Å². The van der Waals surface area contributed by atoms with Gasteiger partial charge in [-0.2, -0.15) is 10.2 Å². The molecule has 1 unspecified atom stereocenters. The quantitative estimate of drug-likeness (QED) is 0.886. The fourth-order valence-corrected chi connectivity index (χ4v) is 3.39. The lowest BCUT2D eigenvalue weighted by molar-refractivity contribution is -0.119. The van der Waals surface area contributed by atoms with E-state index < -0.39 is 5.60 Å². The number of nitrogens with one attached hydrogen (secondary N) is 1. The lowest BCUT2D eigenvalue weighted by Crippen LogP contribution is -2.36. The molecule has 1 fully saturated rings. The number of likely N-dealkylation sites (tertiary alicyclic amines) is 1. The smallest absolute Gasteiger partial charge is 0.410 e. The number of rotatable bonds is 3. The minimum atomic E-state index is -0.545. The van der Waals surface area contributed by atoms with Crippen molar-refractivity contribution >= 4 is 28.5 Å². The van der Waals surface area contributed by atoms with Crippen molar-refractivity contribution in [3.8, 4) is 10.4 Å². The molecule has 2 aromatic heterocycles. The van der Waals surface area contributed by atoms with Crippen molar-refractivity contribution < 1.29 is 14.3 Å². The molecular formula is C17H21N5O3S. The second-order valence-electron chi connectivity index (χ2n) is 7.06. The largest absolute Gasteiger partial charge is 0.444 e. The topological polar surface area (TPSA) is 97.3 Å². The summed E-state index contributed by atoms with van der Waals surface area (Å²) < 4.78 is 5.35. The number of amides is 2. The molecule has 26 heavy (non-hydrogen) atoms. The first kappa shape index (κ1) is 18.2. The zero-order chi connectivity index (χ0) is 18.7. The molecule has 9 heteroatoms. The molecule has 2 amide bonds. The van der Waals surface area contributed by atoms with Crippen LogP contribution in [-0.2, 0) is 9.53 Å². The lowest BCUT2D eigenvalue weighted by Gasteiger charge is -2.24. The van der Waals surface area contributed by atoms with Crippen molar-refractivity contribution in [3.63, 3.8) is 0 Å². The molecule has 1 aliphatic rings. The van der Waals surface area contributed by atoms with Gasteiger partial charge in [0.1, 0.15) is 5.60 Å². The van der Waals surface area contributed by atoms with Crippen LogP contribution in [0.5, 0.6) is 0 Å². The first-order chi connectivity index (χ1) is 12.3. The number of anilines is 1. The predicted octanol–water partition coefficient (Wildman–Crippen LogP) is 2.80. The third-order valence-corrected chi connectivity index (χ3v) is 4.78. The predicted molar refractivity (Wildman–Crippen MR) is 97.7 cm³/mol. The summed E-state index contributed by atoms with van der Waals surface area (Å²) in [5, 5.41) is 10.9. The summed E-state index contributed by atoms with van der Waals surface area (Å²) in [4.78, 5) is 31.3. The van der Waals surface area contributed by atoms with Crippen molar-refractivity contribution in [2.24, 2.45) is 5.92 Å². The molecule has 0 spiro atoms. The van der Waals surface area contributed by atoms with Gasteiger partial charge in [0.15, 0.2) is 5.13 Å². The normalized spacial score (nSPS) is 17.2. The minimum absolute atomic E-state index is 0.134. The summed E-state index contributed by atoms with van der Waals surface area (Å²) in [7, 11) is 0. The second kappa shape index (κ2) is 7.36. The monoisotopic (exact) mass is 375 g/mol. The van der Waals surface area contributed by atoms with E-state index in [0.717, 1.165) is 10.4 Å². The molecule has 3 rings (SSSR count). The number of thiazole rings is 1. The molecule has 3 heterocycles. The molecular weight excluding hydrogens is 354 g/mol. The van der Waals surface area contributed by atoms with Gasteiger partial charge in [0.2, 0.25) is 5.91 Å². The van der Waals surface area contributed by atoms with E-state index >= 15 is 0 Å². The molecule has 138 valence electrons. The van der Waals surface area contributed by atoms with Gasteiger partial charge < -0.3 is 15.0 Å². The molecule has 0 radical (unpaired) electrons. The number of nitrogens with zero attached hydrogens (tertiary/aromatic N) is 4. The van der Waals surface area contributed by atoms with E-state index in [2.05, 4.69) is 20.5 Å². The van der Waals surface area contributed by atoms with Gasteiger partial charge >= 0.3 is 6.09 Å². The molecule has 0 aliphatic carbocycles. The molecule has 0 aromatic carbocycles. The highest BCUT2D eigenvalue weighted by atomic mass is 32.1. The van der Waals surface area contributed by atoms with Gasteiger partial charge in [-0.15, -0.1) is 0 Å². The highest BCUT2D eigenvalue weighted by Gasteiger charge is 2.33. The molecule has 1 saturated heterocycles. The maximum Gasteiger partial charge on any atom is 0.410 e. The molecule has 1 atom stereocenters. The van der Waals surface area contributed by atoms with Crippen molar-refractivity contribution in [2.45, 2.75) is 32.8 Å². The summed E-state index contributed by atoms with van der Waals surface area (Å²) in [5.41, 5.74) is 0.353. The van der Waals surface area contributed by atoms with Crippen LogP contribution in [-0.4, -0.2) is 50.8 Å². The summed E-state index contributed by atoms with van der Waals surface area (Å²) in [6.45, 7) is 6.34. The number of hydrogen-bond donors (Lipinski definition) is 1. The van der Waals surface area contributed by atoms with Crippen molar-refractivity contribution in [1.29, 1.82) is 0 Å². The van der Waals surface area contributed by atoms with Gasteiger partial charge in [-0.05, 0) is 33.3 Å². The number of ether oxygens (including phenoxy) is 1. The maximum atomic E-state index is 12.5. The Labute approximate surface area is 155 Å². The third kappa shape index (κ3) is 4.54. The average molecular weight is 375 g/mol. The lowest BCUT2D eigenvalue weighted by atomic mass is 10.1. The zero-order valence-corrected chi connectivity index (χ0v) is 15.7. The standard InChI is InChI=1S/C17H21N5O3S/c1-17(2,3)25-16(24)22-7-5-12(10-22)14(23)21-15-18-9-13(26-15)11-4-6-19-20-8-11/h4,6,8-9,12H,5,7,10H2,1-3H3,(H,18,21,23). The molecule has 0 bridgehead atoms. The van der Waals surface area contributed by atoms with Crippen LogP contribution in [0, 0.1) is 5.92 Å². The summed E-state index contributed by atoms with van der Waals surface area (Å²) in [5.74, 6) is -0.401. The van der Waals surface area contributed by atoms with Crippen LogP contribution in [0.2, 0.25) is 0 Å². The average Bonchev–Trinajstić information content (AvgIpc) is 3.23. The van der Waals surface area contributed by atoms with Crippen LogP contribution in [0.3, 0.4) is 0 Å². The van der Waals surface area contributed by atoms with Gasteiger partial charge in [-0.1, -0.05) is 11.3 Å². The van der Waals surface area contributed by atoms with Gasteiger partial charge in [0, 0.05) is 24.8 Å². The number of aromatic nitrogens is 3. The summed E-state index contributed by atoms with van der Waals surface area (Å²) in [6.07, 6.45) is 5.18. The van der Waals surface area contributed by atoms with E-state index in [-0.39, 0.29) is 17.9 Å². The van der Waals surface area contributed by atoms with Gasteiger partial charge in [0.25, 0.3) is 0 Å². The van der Waals surface area contributed by atoms with Crippen LogP contribution in [0.25, 0.3) is 10.4 Å². The van der Waals surface area contributed by atoms with Crippen molar-refractivity contribution in [1.82, 2.24) is 20.1 Å². The summed E-state index contributed by atoms with van der Waals surface area (Å²) >= 11 is 1.37. The fraction of sp³-hybridized carbons (Fsp3) is 0.471. The Balaban J connectivity index is 1.56. The highest BCUT2D eigenvalue weighted by molar-refractivity contribution is 7.19.